The average Bonchev–Trinajstić information content (AvgIpc) is 3.12. The molecule has 0 aliphatic carbocycles. The van der Waals surface area contributed by atoms with Gasteiger partial charge in [-0.25, -0.2) is 4.39 Å². The third kappa shape index (κ3) is 3.78. The zero-order valence-corrected chi connectivity index (χ0v) is 17.8. The first-order valence-electron chi connectivity index (χ1n) is 9.06. The van der Waals surface area contributed by atoms with Gasteiger partial charge in [0, 0.05) is 17.0 Å². The van der Waals surface area contributed by atoms with E-state index < -0.39 is 6.23 Å². The molecule has 4 aromatic rings. The fourth-order valence-electron chi connectivity index (χ4n) is 3.06. The van der Waals surface area contributed by atoms with E-state index in [0.29, 0.717) is 38.5 Å². The van der Waals surface area contributed by atoms with Gasteiger partial charge in [-0.3, -0.25) is 0 Å². The van der Waals surface area contributed by atoms with Crippen LogP contribution in [0.3, 0.4) is 0 Å². The maximum absolute atomic E-state index is 13.9. The monoisotopic (exact) mass is 484 g/mol. The molecule has 2 aromatic heterocycles. The van der Waals surface area contributed by atoms with Crippen LogP contribution in [-0.4, -0.2) is 15.2 Å². The van der Waals surface area contributed by atoms with Crippen molar-refractivity contribution in [3.63, 3.8) is 0 Å². The molecule has 30 heavy (non-hydrogen) atoms. The van der Waals surface area contributed by atoms with Crippen LogP contribution in [0.25, 0.3) is 11.3 Å². The number of hydrogen-bond acceptors (Lipinski definition) is 7. The van der Waals surface area contributed by atoms with Crippen LogP contribution >= 0.6 is 27.7 Å². The molecule has 150 valence electrons. The van der Waals surface area contributed by atoms with Crippen LogP contribution in [0.5, 0.6) is 5.88 Å². The largest absolute Gasteiger partial charge is 0.448 e. The first-order chi connectivity index (χ1) is 14.7. The number of benzene rings is 2. The van der Waals surface area contributed by atoms with Gasteiger partial charge in [0.05, 0.1) is 0 Å². The first kappa shape index (κ1) is 19.1. The maximum Gasteiger partial charge on any atom is 0.247 e. The minimum Gasteiger partial charge on any atom is -0.448 e. The number of nitrogens with zero attached hydrogens (tertiary/aromatic N) is 3. The molecule has 0 radical (unpaired) electrons. The summed E-state index contributed by atoms with van der Waals surface area (Å²) in [6.45, 7) is 0. The van der Waals surface area contributed by atoms with E-state index in [2.05, 4.69) is 36.4 Å². The number of furan rings is 1. The Morgan fingerprint density at radius 3 is 2.70 bits per heavy atom. The standard InChI is InChI=1S/C21H14BrFN4O2S/c22-17-10-9-16(28-17)19-24-15-8-4-2-6-13(15)18-20(29-19)25-21(27-26-18)30-11-12-5-1-3-7-14(12)23/h1-10,19,24H,11H2/t19-/m1/s1. The van der Waals surface area contributed by atoms with Crippen LogP contribution in [0.15, 0.2) is 74.9 Å². The van der Waals surface area contributed by atoms with E-state index in [-0.39, 0.29) is 5.82 Å². The van der Waals surface area contributed by atoms with Gasteiger partial charge in [-0.1, -0.05) is 48.2 Å². The van der Waals surface area contributed by atoms with Crippen LogP contribution in [0, 0.1) is 5.82 Å². The van der Waals surface area contributed by atoms with Crippen LogP contribution in [0.2, 0.25) is 0 Å². The van der Waals surface area contributed by atoms with Crippen LogP contribution < -0.4 is 10.1 Å². The molecule has 1 aliphatic rings. The molecule has 0 amide bonds. The quantitative estimate of drug-likeness (QED) is 0.365. The van der Waals surface area contributed by atoms with Crippen molar-refractivity contribution in [2.75, 3.05) is 5.32 Å². The van der Waals surface area contributed by atoms with E-state index in [0.717, 1.165) is 11.3 Å². The summed E-state index contributed by atoms with van der Waals surface area (Å²) in [5.74, 6) is 1.04. The highest BCUT2D eigenvalue weighted by atomic mass is 79.9. The Hall–Kier alpha value is -2.91. The Morgan fingerprint density at radius 2 is 1.87 bits per heavy atom. The molecule has 3 heterocycles. The molecule has 9 heteroatoms. The summed E-state index contributed by atoms with van der Waals surface area (Å²) in [5.41, 5.74) is 2.76. The SMILES string of the molecule is Fc1ccccc1CSc1nnc2c(n1)O[C@H](c1ccc(Br)o1)Nc1ccccc1-2. The molecule has 1 aliphatic heterocycles. The number of para-hydroxylation sites is 1. The lowest BCUT2D eigenvalue weighted by Crippen LogP contribution is -2.16. The number of thioether (sulfide) groups is 1. The minimum absolute atomic E-state index is 0.259. The molecule has 1 atom stereocenters. The Labute approximate surface area is 184 Å². The van der Waals surface area contributed by atoms with Crippen molar-refractivity contribution in [1.82, 2.24) is 15.2 Å². The molecule has 0 fully saturated rings. The lowest BCUT2D eigenvalue weighted by Gasteiger charge is -2.16. The van der Waals surface area contributed by atoms with Crippen molar-refractivity contribution in [1.29, 1.82) is 0 Å². The molecule has 0 spiro atoms. The fraction of sp³-hybridized carbons (Fsp3) is 0.0952. The van der Waals surface area contributed by atoms with Crippen molar-refractivity contribution >= 4 is 33.4 Å². The van der Waals surface area contributed by atoms with Gasteiger partial charge in [-0.15, -0.1) is 10.2 Å². The summed E-state index contributed by atoms with van der Waals surface area (Å²) in [4.78, 5) is 4.55. The molecule has 6 nitrogen and oxygen atoms in total. The Bertz CT molecular complexity index is 1220. The summed E-state index contributed by atoms with van der Waals surface area (Å²) in [6, 6.07) is 17.9. The van der Waals surface area contributed by atoms with Crippen molar-refractivity contribution in [3.05, 3.63) is 82.5 Å². The zero-order chi connectivity index (χ0) is 20.5. The average molecular weight is 485 g/mol. The summed E-state index contributed by atoms with van der Waals surface area (Å²) in [6.07, 6.45) is -0.597. The molecule has 0 bridgehead atoms. The van der Waals surface area contributed by atoms with Gasteiger partial charge in [-0.05, 0) is 45.8 Å². The summed E-state index contributed by atoms with van der Waals surface area (Å²) < 4.78 is 26.3. The second-order valence-electron chi connectivity index (χ2n) is 6.46. The van der Waals surface area contributed by atoms with Gasteiger partial charge >= 0.3 is 0 Å². The minimum atomic E-state index is -0.597. The number of ether oxygens (including phenoxy) is 1. The summed E-state index contributed by atoms with van der Waals surface area (Å²) in [5, 5.41) is 12.3. The fourth-order valence-corrected chi connectivity index (χ4v) is 4.15. The van der Waals surface area contributed by atoms with Crippen molar-refractivity contribution in [2.24, 2.45) is 0 Å². The number of nitrogens with one attached hydrogen (secondary N) is 1. The molecule has 0 unspecified atom stereocenters. The van der Waals surface area contributed by atoms with Crippen molar-refractivity contribution in [2.45, 2.75) is 17.1 Å². The number of hydrogen-bond donors (Lipinski definition) is 1. The predicted octanol–water partition coefficient (Wildman–Crippen LogP) is 5.83. The summed E-state index contributed by atoms with van der Waals surface area (Å²) in [7, 11) is 0. The molecule has 0 saturated heterocycles. The van der Waals surface area contributed by atoms with Crippen molar-refractivity contribution < 1.29 is 13.5 Å². The second kappa shape index (κ2) is 8.08. The van der Waals surface area contributed by atoms with Gasteiger partial charge in [0.2, 0.25) is 17.3 Å². The van der Waals surface area contributed by atoms with E-state index in [9.17, 15) is 4.39 Å². The molecule has 5 rings (SSSR count). The number of rotatable bonds is 4. The normalized spacial score (nSPS) is 14.8. The molecular weight excluding hydrogens is 471 g/mol. The topological polar surface area (TPSA) is 73.1 Å². The predicted molar refractivity (Wildman–Crippen MR) is 115 cm³/mol. The smallest absolute Gasteiger partial charge is 0.247 e. The van der Waals surface area contributed by atoms with E-state index in [1.165, 1.54) is 17.8 Å². The first-order valence-corrected chi connectivity index (χ1v) is 10.8. The second-order valence-corrected chi connectivity index (χ2v) is 8.18. The van der Waals surface area contributed by atoms with E-state index in [1.54, 1.807) is 24.3 Å². The highest BCUT2D eigenvalue weighted by Crippen LogP contribution is 2.40. The highest BCUT2D eigenvalue weighted by Gasteiger charge is 2.27. The van der Waals surface area contributed by atoms with E-state index >= 15 is 0 Å². The highest BCUT2D eigenvalue weighted by molar-refractivity contribution is 9.10. The summed E-state index contributed by atoms with van der Waals surface area (Å²) >= 11 is 4.61. The number of anilines is 1. The van der Waals surface area contributed by atoms with Crippen LogP contribution in [-0.2, 0) is 5.75 Å². The van der Waals surface area contributed by atoms with Gasteiger partial charge in [-0.2, -0.15) is 4.98 Å². The van der Waals surface area contributed by atoms with Gasteiger partial charge in [0.1, 0.15) is 5.82 Å². The van der Waals surface area contributed by atoms with Crippen LogP contribution in [0.1, 0.15) is 17.6 Å². The Kier molecular flexibility index (Phi) is 5.14. The number of halogens is 2. The Balaban J connectivity index is 1.49. The number of fused-ring (bicyclic) bond motifs is 3. The molecule has 0 saturated carbocycles. The van der Waals surface area contributed by atoms with Crippen LogP contribution in [0.4, 0.5) is 10.1 Å². The van der Waals surface area contributed by atoms with Crippen molar-refractivity contribution in [3.8, 4) is 17.1 Å². The van der Waals surface area contributed by atoms with Gasteiger partial charge in [0.15, 0.2) is 16.1 Å². The lowest BCUT2D eigenvalue weighted by atomic mass is 10.1. The van der Waals surface area contributed by atoms with Gasteiger partial charge < -0.3 is 14.5 Å². The number of aromatic nitrogens is 3. The molecule has 1 N–H and O–H groups in total. The molecular formula is C21H14BrFN4O2S. The maximum atomic E-state index is 13.9. The lowest BCUT2D eigenvalue weighted by molar-refractivity contribution is 0.194. The third-order valence-corrected chi connectivity index (χ3v) is 5.81. The third-order valence-electron chi connectivity index (χ3n) is 4.50. The molecule has 2 aromatic carbocycles. The van der Waals surface area contributed by atoms with Gasteiger partial charge in [0.25, 0.3) is 0 Å². The van der Waals surface area contributed by atoms with E-state index in [1.807, 2.05) is 30.3 Å². The Morgan fingerprint density at radius 1 is 1.03 bits per heavy atom. The van der Waals surface area contributed by atoms with E-state index in [4.69, 9.17) is 9.15 Å². The zero-order valence-electron chi connectivity index (χ0n) is 15.4.